The first-order valence-electron chi connectivity index (χ1n) is 7.48. The number of hydrogen-bond donors (Lipinski definition) is 1. The molecule has 0 saturated carbocycles. The predicted octanol–water partition coefficient (Wildman–Crippen LogP) is 3.13. The van der Waals surface area contributed by atoms with Crippen molar-refractivity contribution in [2.75, 3.05) is 26.2 Å². The Morgan fingerprint density at radius 1 is 1.32 bits per heavy atom. The van der Waals surface area contributed by atoms with Crippen LogP contribution in [0.3, 0.4) is 0 Å². The smallest absolute Gasteiger partial charge is 0.123 e. The first kappa shape index (κ1) is 14.5. The molecule has 0 aromatic heterocycles. The van der Waals surface area contributed by atoms with E-state index >= 15 is 0 Å². The molecule has 1 aromatic carbocycles. The molecule has 3 heteroatoms. The van der Waals surface area contributed by atoms with Gasteiger partial charge in [0.25, 0.3) is 0 Å². The zero-order valence-electron chi connectivity index (χ0n) is 12.1. The second-order valence-electron chi connectivity index (χ2n) is 5.27. The first-order valence-corrected chi connectivity index (χ1v) is 7.48. The number of fused-ring (bicyclic) bond motifs is 1. The van der Waals surface area contributed by atoms with Gasteiger partial charge in [0, 0.05) is 6.04 Å². The molecular weight excluding hydrogens is 239 g/mol. The molecule has 1 aliphatic rings. The van der Waals surface area contributed by atoms with Gasteiger partial charge in [0.15, 0.2) is 0 Å². The van der Waals surface area contributed by atoms with Gasteiger partial charge in [0.1, 0.15) is 5.82 Å². The molecule has 0 fully saturated rings. The van der Waals surface area contributed by atoms with Crippen LogP contribution in [0.1, 0.15) is 43.9 Å². The fraction of sp³-hybridized carbons (Fsp3) is 0.625. The summed E-state index contributed by atoms with van der Waals surface area (Å²) in [5, 5.41) is 3.61. The van der Waals surface area contributed by atoms with Gasteiger partial charge in [-0.3, -0.25) is 0 Å². The summed E-state index contributed by atoms with van der Waals surface area (Å²) in [5.41, 5.74) is 2.48. The van der Waals surface area contributed by atoms with Crippen LogP contribution in [0, 0.1) is 5.82 Å². The fourth-order valence-corrected chi connectivity index (χ4v) is 2.92. The van der Waals surface area contributed by atoms with Gasteiger partial charge in [-0.2, -0.15) is 0 Å². The molecule has 1 unspecified atom stereocenters. The molecule has 0 heterocycles. The molecule has 1 N–H and O–H groups in total. The average molecular weight is 264 g/mol. The predicted molar refractivity (Wildman–Crippen MR) is 77.9 cm³/mol. The molecule has 0 spiro atoms. The van der Waals surface area contributed by atoms with Crippen LogP contribution in [0.4, 0.5) is 4.39 Å². The number of benzene rings is 1. The van der Waals surface area contributed by atoms with E-state index in [-0.39, 0.29) is 5.82 Å². The van der Waals surface area contributed by atoms with E-state index < -0.39 is 0 Å². The summed E-state index contributed by atoms with van der Waals surface area (Å²) in [6, 6.07) is 5.63. The highest BCUT2D eigenvalue weighted by molar-refractivity contribution is 5.34. The maximum absolute atomic E-state index is 13.1. The third kappa shape index (κ3) is 3.77. The minimum absolute atomic E-state index is 0.110. The van der Waals surface area contributed by atoms with E-state index in [1.54, 1.807) is 12.1 Å². The van der Waals surface area contributed by atoms with Gasteiger partial charge in [-0.05, 0) is 68.7 Å². The van der Waals surface area contributed by atoms with E-state index in [1.807, 2.05) is 6.07 Å². The highest BCUT2D eigenvalue weighted by Gasteiger charge is 2.21. The van der Waals surface area contributed by atoms with Crippen LogP contribution >= 0.6 is 0 Å². The van der Waals surface area contributed by atoms with Gasteiger partial charge < -0.3 is 10.2 Å². The number of hydrogen-bond acceptors (Lipinski definition) is 2. The van der Waals surface area contributed by atoms with Gasteiger partial charge in [-0.15, -0.1) is 0 Å². The summed E-state index contributed by atoms with van der Waals surface area (Å²) >= 11 is 0. The van der Waals surface area contributed by atoms with Crippen LogP contribution in [0.25, 0.3) is 0 Å². The average Bonchev–Trinajstić information content (AvgIpc) is 2.81. The number of nitrogens with zero attached hydrogens (tertiary/aromatic N) is 1. The van der Waals surface area contributed by atoms with Crippen LogP contribution < -0.4 is 5.32 Å². The maximum atomic E-state index is 13.1. The number of aryl methyl sites for hydroxylation is 1. The molecule has 0 bridgehead atoms. The van der Waals surface area contributed by atoms with Crippen LogP contribution in [0.5, 0.6) is 0 Å². The summed E-state index contributed by atoms with van der Waals surface area (Å²) in [6.45, 7) is 8.86. The van der Waals surface area contributed by atoms with Crippen LogP contribution in [-0.4, -0.2) is 31.1 Å². The summed E-state index contributed by atoms with van der Waals surface area (Å²) in [5.74, 6) is -0.110. The highest BCUT2D eigenvalue weighted by Crippen LogP contribution is 2.31. The monoisotopic (exact) mass is 264 g/mol. The molecule has 0 amide bonds. The zero-order chi connectivity index (χ0) is 13.7. The molecule has 1 aliphatic carbocycles. The molecule has 106 valence electrons. The lowest BCUT2D eigenvalue weighted by molar-refractivity contribution is 0.295. The van der Waals surface area contributed by atoms with Gasteiger partial charge in [0.2, 0.25) is 0 Å². The SMILES string of the molecule is CCN(CC)CCCNC1CCc2cc(F)ccc21. The quantitative estimate of drug-likeness (QED) is 0.761. The Balaban J connectivity index is 1.77. The Bertz CT molecular complexity index is 402. The third-order valence-electron chi connectivity index (χ3n) is 4.12. The van der Waals surface area contributed by atoms with Crippen molar-refractivity contribution in [3.05, 3.63) is 35.1 Å². The standard InChI is InChI=1S/C16H25FN2/c1-3-19(4-2)11-5-10-18-16-9-6-13-12-14(17)7-8-15(13)16/h7-8,12,16,18H,3-6,9-11H2,1-2H3. The van der Waals surface area contributed by atoms with Crippen LogP contribution in [0.2, 0.25) is 0 Å². The van der Waals surface area contributed by atoms with Gasteiger partial charge >= 0.3 is 0 Å². The molecule has 0 saturated heterocycles. The van der Waals surface area contributed by atoms with Gasteiger partial charge in [0.05, 0.1) is 0 Å². The largest absolute Gasteiger partial charge is 0.310 e. The lowest BCUT2D eigenvalue weighted by Crippen LogP contribution is -2.28. The molecular formula is C16H25FN2. The lowest BCUT2D eigenvalue weighted by Gasteiger charge is -2.19. The summed E-state index contributed by atoms with van der Waals surface area (Å²) in [6.07, 6.45) is 3.28. The van der Waals surface area contributed by atoms with Crippen molar-refractivity contribution in [3.63, 3.8) is 0 Å². The Kier molecular flexibility index (Phi) is 5.34. The normalized spacial score (nSPS) is 18.0. The molecule has 1 atom stereocenters. The molecule has 2 rings (SSSR count). The Morgan fingerprint density at radius 2 is 2.11 bits per heavy atom. The Hall–Kier alpha value is -0.930. The number of nitrogens with one attached hydrogen (secondary N) is 1. The molecule has 0 radical (unpaired) electrons. The van der Waals surface area contributed by atoms with E-state index in [9.17, 15) is 4.39 Å². The highest BCUT2D eigenvalue weighted by atomic mass is 19.1. The summed E-state index contributed by atoms with van der Waals surface area (Å²) in [7, 11) is 0. The van der Waals surface area contributed by atoms with Gasteiger partial charge in [-0.25, -0.2) is 4.39 Å². The second-order valence-corrected chi connectivity index (χ2v) is 5.27. The summed E-state index contributed by atoms with van der Waals surface area (Å²) in [4.78, 5) is 2.44. The lowest BCUT2D eigenvalue weighted by atomic mass is 10.1. The molecule has 0 aliphatic heterocycles. The van der Waals surface area contributed by atoms with E-state index in [1.165, 1.54) is 17.5 Å². The van der Waals surface area contributed by atoms with Crippen molar-refractivity contribution in [1.29, 1.82) is 0 Å². The number of rotatable bonds is 7. The van der Waals surface area contributed by atoms with Gasteiger partial charge in [-0.1, -0.05) is 19.9 Å². The van der Waals surface area contributed by atoms with E-state index in [0.717, 1.165) is 39.0 Å². The van der Waals surface area contributed by atoms with Crippen molar-refractivity contribution in [2.24, 2.45) is 0 Å². The summed E-state index contributed by atoms with van der Waals surface area (Å²) < 4.78 is 13.1. The van der Waals surface area contributed by atoms with Crippen molar-refractivity contribution < 1.29 is 4.39 Å². The van der Waals surface area contributed by atoms with E-state index in [2.05, 4.69) is 24.1 Å². The zero-order valence-corrected chi connectivity index (χ0v) is 12.1. The van der Waals surface area contributed by atoms with Crippen LogP contribution in [-0.2, 0) is 6.42 Å². The topological polar surface area (TPSA) is 15.3 Å². The van der Waals surface area contributed by atoms with Crippen molar-refractivity contribution in [2.45, 2.75) is 39.2 Å². The Morgan fingerprint density at radius 3 is 2.84 bits per heavy atom. The minimum atomic E-state index is -0.110. The molecule has 1 aromatic rings. The Labute approximate surface area is 116 Å². The minimum Gasteiger partial charge on any atom is -0.310 e. The van der Waals surface area contributed by atoms with Crippen molar-refractivity contribution >= 4 is 0 Å². The van der Waals surface area contributed by atoms with E-state index in [4.69, 9.17) is 0 Å². The second kappa shape index (κ2) is 7.01. The van der Waals surface area contributed by atoms with Crippen molar-refractivity contribution in [1.82, 2.24) is 10.2 Å². The third-order valence-corrected chi connectivity index (χ3v) is 4.12. The first-order chi connectivity index (χ1) is 9.24. The fourth-order valence-electron chi connectivity index (χ4n) is 2.92. The molecule has 2 nitrogen and oxygen atoms in total. The number of halogens is 1. The van der Waals surface area contributed by atoms with Crippen molar-refractivity contribution in [3.8, 4) is 0 Å². The van der Waals surface area contributed by atoms with Crippen LogP contribution in [0.15, 0.2) is 18.2 Å². The van der Waals surface area contributed by atoms with E-state index in [0.29, 0.717) is 6.04 Å². The maximum Gasteiger partial charge on any atom is 0.123 e. The molecule has 19 heavy (non-hydrogen) atoms.